The number of unbranched alkanes of at least 4 members (excludes halogenated alkanes) is 4. The molecule has 2 aliphatic rings. The molecule has 1 aromatic rings. The molecule has 0 heterocycles. The molecule has 0 radical (unpaired) electrons. The second-order valence-electron chi connectivity index (χ2n) is 9.83. The van der Waals surface area contributed by atoms with Gasteiger partial charge in [0, 0.05) is 5.56 Å². The Labute approximate surface area is 194 Å². The van der Waals surface area contributed by atoms with E-state index in [4.69, 9.17) is 4.74 Å². The Kier molecular flexibility index (Phi) is 10.4. The molecule has 0 bridgehead atoms. The minimum absolute atomic E-state index is 0.392. The summed E-state index contributed by atoms with van der Waals surface area (Å²) >= 11 is 0. The van der Waals surface area contributed by atoms with Gasteiger partial charge in [0.25, 0.3) is 0 Å². The third-order valence-electron chi connectivity index (χ3n) is 7.33. The minimum Gasteiger partial charge on any atom is -0.378 e. The highest BCUT2D eigenvalue weighted by atomic mass is 19.2. The molecule has 178 valence electrons. The van der Waals surface area contributed by atoms with Crippen molar-refractivity contribution >= 4 is 5.57 Å². The highest BCUT2D eigenvalue weighted by Crippen LogP contribution is 2.34. The Hall–Kier alpha value is -1.48. The Morgan fingerprint density at radius 1 is 0.969 bits per heavy atom. The van der Waals surface area contributed by atoms with Crippen LogP contribution in [0.5, 0.6) is 0 Å². The number of rotatable bonds is 11. The van der Waals surface area contributed by atoms with Gasteiger partial charge in [-0.1, -0.05) is 63.0 Å². The molecule has 0 spiro atoms. The van der Waals surface area contributed by atoms with Crippen LogP contribution in [-0.2, 0) is 11.2 Å². The van der Waals surface area contributed by atoms with Gasteiger partial charge in [-0.15, -0.1) is 0 Å². The van der Waals surface area contributed by atoms with Crippen LogP contribution < -0.4 is 0 Å². The molecule has 0 N–H and O–H groups in total. The van der Waals surface area contributed by atoms with Gasteiger partial charge in [-0.25, -0.2) is 8.78 Å². The Balaban J connectivity index is 1.46. The maximum atomic E-state index is 14.8. The predicted octanol–water partition coefficient (Wildman–Crippen LogP) is 8.81. The van der Waals surface area contributed by atoms with Gasteiger partial charge in [0.05, 0.1) is 12.7 Å². The molecule has 1 aromatic carbocycles. The smallest absolute Gasteiger partial charge is 0.166 e. The largest absolute Gasteiger partial charge is 0.378 e. The topological polar surface area (TPSA) is 9.23 Å². The lowest BCUT2D eigenvalue weighted by molar-refractivity contribution is 0.00141. The summed E-state index contributed by atoms with van der Waals surface area (Å²) in [5.41, 5.74) is 1.94. The van der Waals surface area contributed by atoms with Crippen molar-refractivity contribution in [3.63, 3.8) is 0 Å². The van der Waals surface area contributed by atoms with E-state index in [1.807, 2.05) is 0 Å². The van der Waals surface area contributed by atoms with Crippen molar-refractivity contribution in [3.8, 4) is 0 Å². The molecule has 3 rings (SSSR count). The predicted molar refractivity (Wildman–Crippen MR) is 131 cm³/mol. The van der Waals surface area contributed by atoms with Gasteiger partial charge in [-0.05, 0) is 87.7 Å². The Bertz CT molecular complexity index is 759. The third-order valence-corrected chi connectivity index (χ3v) is 7.33. The van der Waals surface area contributed by atoms with Gasteiger partial charge in [0.15, 0.2) is 11.6 Å². The van der Waals surface area contributed by atoms with Crippen LogP contribution in [0.4, 0.5) is 8.78 Å². The molecular formula is C29H42F2O. The summed E-state index contributed by atoms with van der Waals surface area (Å²) < 4.78 is 35.7. The van der Waals surface area contributed by atoms with Crippen LogP contribution in [0.15, 0.2) is 30.4 Å². The molecule has 3 heteroatoms. The third kappa shape index (κ3) is 7.27. The maximum Gasteiger partial charge on any atom is 0.166 e. The van der Waals surface area contributed by atoms with Gasteiger partial charge in [0.2, 0.25) is 0 Å². The van der Waals surface area contributed by atoms with E-state index in [-0.39, 0.29) is 0 Å². The fraction of sp³-hybridized carbons (Fsp3) is 0.655. The summed E-state index contributed by atoms with van der Waals surface area (Å²) in [7, 11) is 0. The number of hydrogen-bond acceptors (Lipinski definition) is 1. The van der Waals surface area contributed by atoms with Gasteiger partial charge in [0.1, 0.15) is 0 Å². The van der Waals surface area contributed by atoms with Crippen LogP contribution in [-0.4, -0.2) is 12.7 Å². The van der Waals surface area contributed by atoms with Crippen molar-refractivity contribution < 1.29 is 13.5 Å². The molecule has 0 aliphatic heterocycles. The zero-order valence-corrected chi connectivity index (χ0v) is 20.2. The van der Waals surface area contributed by atoms with Crippen LogP contribution in [0.2, 0.25) is 0 Å². The van der Waals surface area contributed by atoms with Crippen molar-refractivity contribution in [2.75, 3.05) is 6.61 Å². The number of benzene rings is 1. The van der Waals surface area contributed by atoms with Gasteiger partial charge in [-0.3, -0.25) is 0 Å². The molecule has 1 saturated carbocycles. The highest BCUT2D eigenvalue weighted by molar-refractivity contribution is 5.67. The zero-order valence-electron chi connectivity index (χ0n) is 20.2. The van der Waals surface area contributed by atoms with E-state index in [0.29, 0.717) is 29.6 Å². The lowest BCUT2D eigenvalue weighted by Crippen LogP contribution is -2.24. The van der Waals surface area contributed by atoms with E-state index < -0.39 is 11.6 Å². The van der Waals surface area contributed by atoms with Gasteiger partial charge >= 0.3 is 0 Å². The summed E-state index contributed by atoms with van der Waals surface area (Å²) in [5.74, 6) is -0.0853. The fourth-order valence-electron chi connectivity index (χ4n) is 5.23. The lowest BCUT2D eigenvalue weighted by atomic mass is 9.85. The van der Waals surface area contributed by atoms with E-state index in [2.05, 4.69) is 32.1 Å². The van der Waals surface area contributed by atoms with Crippen molar-refractivity contribution in [1.82, 2.24) is 0 Å². The molecule has 32 heavy (non-hydrogen) atoms. The molecule has 1 fully saturated rings. The van der Waals surface area contributed by atoms with Crippen LogP contribution >= 0.6 is 0 Å². The van der Waals surface area contributed by atoms with Crippen LogP contribution in [0.25, 0.3) is 5.57 Å². The first-order valence-electron chi connectivity index (χ1n) is 13.0. The van der Waals surface area contributed by atoms with Crippen molar-refractivity contribution in [1.29, 1.82) is 0 Å². The zero-order chi connectivity index (χ0) is 22.8. The normalized spacial score (nSPS) is 24.1. The van der Waals surface area contributed by atoms with Crippen molar-refractivity contribution in [2.24, 2.45) is 11.8 Å². The second-order valence-corrected chi connectivity index (χ2v) is 9.83. The van der Waals surface area contributed by atoms with E-state index >= 15 is 0 Å². The summed E-state index contributed by atoms with van der Waals surface area (Å²) in [6, 6.07) is 3.60. The van der Waals surface area contributed by atoms with E-state index in [0.717, 1.165) is 63.0 Å². The van der Waals surface area contributed by atoms with Gasteiger partial charge in [-0.2, -0.15) is 0 Å². The summed E-state index contributed by atoms with van der Waals surface area (Å²) in [6.45, 7) is 5.06. The van der Waals surface area contributed by atoms with E-state index in [1.54, 1.807) is 12.1 Å². The summed E-state index contributed by atoms with van der Waals surface area (Å²) in [4.78, 5) is 0. The number of halogens is 2. The Morgan fingerprint density at radius 3 is 2.44 bits per heavy atom. The van der Waals surface area contributed by atoms with Gasteiger partial charge < -0.3 is 4.74 Å². The van der Waals surface area contributed by atoms with E-state index in [9.17, 15) is 8.78 Å². The minimum atomic E-state index is -0.658. The van der Waals surface area contributed by atoms with Crippen LogP contribution in [0.1, 0.15) is 102 Å². The first-order chi connectivity index (χ1) is 15.6. The SMILES string of the molecule is CC=CC1CCC(OCC2CC=C(c3ccc(CCCCCCC)c(F)c3F)CC2)CC1. The monoisotopic (exact) mass is 444 g/mol. The summed E-state index contributed by atoms with van der Waals surface area (Å²) in [5, 5.41) is 0. The standard InChI is InChI=1S/C29H42F2O/c1-3-5-6-7-8-10-25-17-20-27(29(31)28(25)30)24-15-11-23(12-16-24)21-32-26-18-13-22(9-4-2)14-19-26/h4,9,15,17,20,22-23,26H,3,5-8,10-14,16,18-19,21H2,1-2H3. The molecule has 0 amide bonds. The molecule has 1 nitrogen and oxygen atoms in total. The number of hydrogen-bond donors (Lipinski definition) is 0. The van der Waals surface area contributed by atoms with Crippen molar-refractivity contribution in [3.05, 3.63) is 53.1 Å². The van der Waals surface area contributed by atoms with Crippen molar-refractivity contribution in [2.45, 2.75) is 103 Å². The molecule has 0 aromatic heterocycles. The average molecular weight is 445 g/mol. The Morgan fingerprint density at radius 2 is 1.75 bits per heavy atom. The lowest BCUT2D eigenvalue weighted by Gasteiger charge is -2.29. The fourth-order valence-corrected chi connectivity index (χ4v) is 5.23. The molecule has 1 atom stereocenters. The molecule has 0 saturated heterocycles. The summed E-state index contributed by atoms with van der Waals surface area (Å²) in [6.07, 6.45) is 20.6. The maximum absolute atomic E-state index is 14.8. The highest BCUT2D eigenvalue weighted by Gasteiger charge is 2.23. The molecule has 1 unspecified atom stereocenters. The van der Waals surface area contributed by atoms with E-state index in [1.165, 1.54) is 32.1 Å². The number of aryl methyl sites for hydroxylation is 1. The quantitative estimate of drug-likeness (QED) is 0.245. The molecule has 2 aliphatic carbocycles. The van der Waals surface area contributed by atoms with Crippen LogP contribution in [0.3, 0.4) is 0 Å². The first kappa shape index (κ1) is 25.1. The molecular weight excluding hydrogens is 402 g/mol. The first-order valence-corrected chi connectivity index (χ1v) is 13.0. The number of ether oxygens (including phenoxy) is 1. The number of allylic oxidation sites excluding steroid dienone is 4. The van der Waals surface area contributed by atoms with Crippen LogP contribution in [0, 0.1) is 23.5 Å². The second kappa shape index (κ2) is 13.3. The average Bonchev–Trinajstić information content (AvgIpc) is 2.82.